The van der Waals surface area contributed by atoms with Gasteiger partial charge in [-0.05, 0) is 11.6 Å². The number of hydrogen-bond acceptors (Lipinski definition) is 0. The second-order valence-electron chi connectivity index (χ2n) is 5.52. The van der Waals surface area contributed by atoms with Gasteiger partial charge in [0, 0.05) is 5.88 Å². The predicted molar refractivity (Wildman–Crippen MR) is 86.9 cm³/mol. The Balaban J connectivity index is 2.90. The van der Waals surface area contributed by atoms with E-state index in [2.05, 4.69) is 6.58 Å². The summed E-state index contributed by atoms with van der Waals surface area (Å²) in [6.45, 7) is 5.79. The summed E-state index contributed by atoms with van der Waals surface area (Å²) in [5.74, 6) is 0.646. The lowest BCUT2D eigenvalue weighted by Gasteiger charge is -2.27. The summed E-state index contributed by atoms with van der Waals surface area (Å²) in [5, 5.41) is 0.449. The highest BCUT2D eigenvalue weighted by Gasteiger charge is 2.38. The van der Waals surface area contributed by atoms with Crippen LogP contribution in [0, 0.1) is 0 Å². The lowest BCUT2D eigenvalue weighted by atomic mass is 10.2. The first-order valence-electron chi connectivity index (χ1n) is 7.21. The van der Waals surface area contributed by atoms with Gasteiger partial charge in [0.2, 0.25) is 0 Å². The molecule has 0 aliphatic carbocycles. The molecule has 0 spiro atoms. The van der Waals surface area contributed by atoms with E-state index < -0.39 is 19.8 Å². The molecule has 1 rings (SSSR count). The summed E-state index contributed by atoms with van der Waals surface area (Å²) < 4.78 is 39.5. The van der Waals surface area contributed by atoms with Gasteiger partial charge < -0.3 is 0 Å². The molecule has 0 nitrogen and oxygen atoms in total. The standard InChI is InChI=1S/C16H22ClF3Si/c1-3-21(2,13-9-5-4-8-12-17)15-11-7-6-10-14(15)16(18,19)20/h3,6-7,10-11H,1,4-5,8-9,12-13H2,2H3. The third-order valence-corrected chi connectivity index (χ3v) is 8.11. The predicted octanol–water partition coefficient (Wildman–Crippen LogP) is 5.52. The molecule has 0 N–H and O–H groups in total. The zero-order valence-electron chi connectivity index (χ0n) is 12.3. The van der Waals surface area contributed by atoms with Crippen LogP contribution in [0.5, 0.6) is 0 Å². The number of halogens is 4. The van der Waals surface area contributed by atoms with Crippen molar-refractivity contribution in [2.45, 2.75) is 44.5 Å². The second kappa shape index (κ2) is 8.04. The van der Waals surface area contributed by atoms with Gasteiger partial charge in [0.05, 0.1) is 5.56 Å². The van der Waals surface area contributed by atoms with E-state index in [-0.39, 0.29) is 0 Å². The third-order valence-electron chi connectivity index (χ3n) is 3.88. The quantitative estimate of drug-likeness (QED) is 0.334. The molecule has 1 unspecified atom stereocenters. The van der Waals surface area contributed by atoms with Crippen LogP contribution in [0.4, 0.5) is 13.2 Å². The number of hydrogen-bond donors (Lipinski definition) is 0. The van der Waals surface area contributed by atoms with Gasteiger partial charge in [-0.3, -0.25) is 0 Å². The molecule has 118 valence electrons. The maximum absolute atomic E-state index is 13.2. The van der Waals surface area contributed by atoms with Gasteiger partial charge >= 0.3 is 6.18 Å². The van der Waals surface area contributed by atoms with Crippen molar-refractivity contribution in [3.63, 3.8) is 0 Å². The second-order valence-corrected chi connectivity index (χ2v) is 10.2. The molecule has 1 aromatic rings. The van der Waals surface area contributed by atoms with Crippen molar-refractivity contribution in [3.8, 4) is 0 Å². The highest BCUT2D eigenvalue weighted by atomic mass is 35.5. The first-order chi connectivity index (χ1) is 9.85. The Morgan fingerprint density at radius 1 is 1.14 bits per heavy atom. The Hall–Kier alpha value is -0.743. The van der Waals surface area contributed by atoms with Crippen LogP contribution in [0.25, 0.3) is 0 Å². The molecule has 0 aliphatic rings. The monoisotopic (exact) mass is 334 g/mol. The molecule has 0 fully saturated rings. The van der Waals surface area contributed by atoms with Gasteiger partial charge in [-0.15, -0.1) is 18.2 Å². The van der Waals surface area contributed by atoms with E-state index in [4.69, 9.17) is 11.6 Å². The van der Waals surface area contributed by atoms with Crippen molar-refractivity contribution in [1.29, 1.82) is 0 Å². The summed E-state index contributed by atoms with van der Waals surface area (Å²) in [4.78, 5) is 0. The van der Waals surface area contributed by atoms with Crippen LogP contribution in [0.15, 0.2) is 36.5 Å². The fourth-order valence-electron chi connectivity index (χ4n) is 2.52. The average Bonchev–Trinajstić information content (AvgIpc) is 2.46. The zero-order chi connectivity index (χ0) is 15.9. The van der Waals surface area contributed by atoms with E-state index in [0.717, 1.165) is 31.7 Å². The molecule has 5 heteroatoms. The highest BCUT2D eigenvalue weighted by Crippen LogP contribution is 2.30. The summed E-state index contributed by atoms with van der Waals surface area (Å²) in [6.07, 6.45) is -0.360. The summed E-state index contributed by atoms with van der Waals surface area (Å²) in [5.41, 5.74) is 1.28. The average molecular weight is 335 g/mol. The SMILES string of the molecule is C=C[Si](C)(CCCCCCCl)c1ccccc1C(F)(F)F. The minimum atomic E-state index is -4.30. The highest BCUT2D eigenvalue weighted by molar-refractivity contribution is 6.95. The van der Waals surface area contributed by atoms with Crippen molar-refractivity contribution in [1.82, 2.24) is 0 Å². The van der Waals surface area contributed by atoms with Gasteiger partial charge in [0.25, 0.3) is 0 Å². The summed E-state index contributed by atoms with van der Waals surface area (Å²) >= 11 is 5.63. The van der Waals surface area contributed by atoms with E-state index >= 15 is 0 Å². The molecule has 21 heavy (non-hydrogen) atoms. The number of rotatable bonds is 8. The van der Waals surface area contributed by atoms with E-state index in [1.54, 1.807) is 17.8 Å². The topological polar surface area (TPSA) is 0 Å². The molecule has 0 aliphatic heterocycles. The fourth-order valence-corrected chi connectivity index (χ4v) is 5.70. The van der Waals surface area contributed by atoms with Crippen LogP contribution < -0.4 is 5.19 Å². The van der Waals surface area contributed by atoms with Crippen LogP contribution in [-0.4, -0.2) is 14.0 Å². The molecule has 0 heterocycles. The maximum atomic E-state index is 13.2. The molecule has 0 saturated carbocycles. The van der Waals surface area contributed by atoms with Crippen molar-refractivity contribution in [2.24, 2.45) is 0 Å². The van der Waals surface area contributed by atoms with Gasteiger partial charge in [-0.2, -0.15) is 13.2 Å². The van der Waals surface area contributed by atoms with E-state index in [0.29, 0.717) is 11.1 Å². The van der Waals surface area contributed by atoms with Gasteiger partial charge in [0.1, 0.15) is 8.07 Å². The lowest BCUT2D eigenvalue weighted by Crippen LogP contribution is -2.46. The first kappa shape index (κ1) is 18.3. The molecule has 0 amide bonds. The van der Waals surface area contributed by atoms with E-state index in [9.17, 15) is 13.2 Å². The number of unbranched alkanes of at least 4 members (excludes halogenated alkanes) is 3. The van der Waals surface area contributed by atoms with Gasteiger partial charge in [-0.1, -0.05) is 61.8 Å². The Bertz CT molecular complexity index is 459. The molecule has 0 aromatic heterocycles. The van der Waals surface area contributed by atoms with E-state index in [1.165, 1.54) is 12.1 Å². The number of benzene rings is 1. The summed E-state index contributed by atoms with van der Waals surface area (Å²) in [7, 11) is -2.30. The Morgan fingerprint density at radius 3 is 2.33 bits per heavy atom. The summed E-state index contributed by atoms with van der Waals surface area (Å²) in [6, 6.07) is 6.73. The third kappa shape index (κ3) is 5.18. The zero-order valence-corrected chi connectivity index (χ0v) is 14.1. The molecule has 1 atom stereocenters. The van der Waals surface area contributed by atoms with Crippen LogP contribution in [0.1, 0.15) is 31.2 Å². The van der Waals surface area contributed by atoms with E-state index in [1.807, 2.05) is 6.55 Å². The van der Waals surface area contributed by atoms with Crippen LogP contribution in [0.2, 0.25) is 12.6 Å². The van der Waals surface area contributed by atoms with Crippen LogP contribution in [0.3, 0.4) is 0 Å². The number of alkyl halides is 4. The molecule has 0 bridgehead atoms. The van der Waals surface area contributed by atoms with Gasteiger partial charge in [-0.25, -0.2) is 0 Å². The molecule has 0 radical (unpaired) electrons. The normalized spacial score (nSPS) is 14.7. The van der Waals surface area contributed by atoms with Crippen molar-refractivity contribution < 1.29 is 13.2 Å². The molecule has 0 saturated heterocycles. The van der Waals surface area contributed by atoms with Gasteiger partial charge in [0.15, 0.2) is 0 Å². The fraction of sp³-hybridized carbons (Fsp3) is 0.500. The largest absolute Gasteiger partial charge is 0.416 e. The van der Waals surface area contributed by atoms with Crippen LogP contribution in [-0.2, 0) is 6.18 Å². The Kier molecular flexibility index (Phi) is 7.01. The minimum absolute atomic E-state index is 0.449. The van der Waals surface area contributed by atoms with Crippen molar-refractivity contribution >= 4 is 24.9 Å². The lowest BCUT2D eigenvalue weighted by molar-refractivity contribution is -0.136. The Morgan fingerprint density at radius 2 is 1.76 bits per heavy atom. The Labute approximate surface area is 131 Å². The maximum Gasteiger partial charge on any atom is 0.416 e. The first-order valence-corrected chi connectivity index (χ1v) is 10.5. The van der Waals surface area contributed by atoms with Crippen molar-refractivity contribution in [2.75, 3.05) is 5.88 Å². The smallest absolute Gasteiger partial charge is 0.166 e. The molecular formula is C16H22ClF3Si. The molecular weight excluding hydrogens is 313 g/mol. The molecule has 1 aromatic carbocycles. The van der Waals surface area contributed by atoms with Crippen molar-refractivity contribution in [3.05, 3.63) is 42.1 Å². The van der Waals surface area contributed by atoms with Crippen LogP contribution >= 0.6 is 11.6 Å². The minimum Gasteiger partial charge on any atom is -0.166 e.